The van der Waals surface area contributed by atoms with Gasteiger partial charge >= 0.3 is 6.03 Å². The minimum atomic E-state index is -0.271. The number of urea groups is 1. The smallest absolute Gasteiger partial charge is 0.312 e. The zero-order chi connectivity index (χ0) is 18.5. The van der Waals surface area contributed by atoms with Gasteiger partial charge in [-0.25, -0.2) is 4.79 Å². The quantitative estimate of drug-likeness (QED) is 0.828. The number of hydrogen-bond acceptors (Lipinski definition) is 2. The number of carbonyl (C=O) groups is 2. The maximum atomic E-state index is 12.2. The molecule has 0 spiro atoms. The number of anilines is 3. The molecule has 0 radical (unpaired) electrons. The van der Waals surface area contributed by atoms with Crippen LogP contribution in [0.25, 0.3) is 0 Å². The topological polar surface area (TPSA) is 61.4 Å². The van der Waals surface area contributed by atoms with Gasteiger partial charge in [-0.15, -0.1) is 0 Å². The standard InChI is InChI=1S/C21H25N3O2/c1-3-4-5-16-6-8-18(9-7-16)22-21(26)23-19-10-11-20-17(14-19)12-13-24(20)15(2)25/h6-11,14H,3-5,12-13H2,1-2H3,(H2,22,23,26). The second kappa shape index (κ2) is 8.04. The van der Waals surface area contributed by atoms with E-state index in [-0.39, 0.29) is 11.9 Å². The Morgan fingerprint density at radius 3 is 2.42 bits per heavy atom. The molecule has 0 unspecified atom stereocenters. The minimum absolute atomic E-state index is 0.0459. The number of amides is 3. The molecule has 0 aromatic heterocycles. The number of nitrogens with one attached hydrogen (secondary N) is 2. The van der Waals surface area contributed by atoms with Gasteiger partial charge in [0.2, 0.25) is 5.91 Å². The summed E-state index contributed by atoms with van der Waals surface area (Å²) >= 11 is 0. The monoisotopic (exact) mass is 351 g/mol. The Balaban J connectivity index is 1.59. The number of rotatable bonds is 5. The van der Waals surface area contributed by atoms with E-state index in [4.69, 9.17) is 0 Å². The predicted molar refractivity (Wildman–Crippen MR) is 106 cm³/mol. The molecule has 2 N–H and O–H groups in total. The number of carbonyl (C=O) groups excluding carboxylic acids is 2. The molecule has 0 fully saturated rings. The van der Waals surface area contributed by atoms with Gasteiger partial charge in [-0.2, -0.15) is 0 Å². The lowest BCUT2D eigenvalue weighted by molar-refractivity contribution is -0.116. The number of hydrogen-bond donors (Lipinski definition) is 2. The summed E-state index contributed by atoms with van der Waals surface area (Å²) in [5.74, 6) is 0.0459. The van der Waals surface area contributed by atoms with Gasteiger partial charge in [0.05, 0.1) is 0 Å². The summed E-state index contributed by atoms with van der Waals surface area (Å²) in [7, 11) is 0. The van der Waals surface area contributed by atoms with E-state index in [0.717, 1.165) is 35.5 Å². The molecule has 2 aromatic carbocycles. The lowest BCUT2D eigenvalue weighted by Gasteiger charge is -2.15. The third kappa shape index (κ3) is 4.23. The van der Waals surface area contributed by atoms with E-state index in [9.17, 15) is 9.59 Å². The molecule has 136 valence electrons. The molecule has 1 aliphatic rings. The van der Waals surface area contributed by atoms with Gasteiger partial charge < -0.3 is 15.5 Å². The van der Waals surface area contributed by atoms with Gasteiger partial charge in [0, 0.05) is 30.5 Å². The first kappa shape index (κ1) is 18.0. The van der Waals surface area contributed by atoms with Gasteiger partial charge in [0.1, 0.15) is 0 Å². The van der Waals surface area contributed by atoms with Crippen molar-refractivity contribution in [3.05, 3.63) is 53.6 Å². The normalized spacial score (nSPS) is 12.6. The zero-order valence-electron chi connectivity index (χ0n) is 15.3. The van der Waals surface area contributed by atoms with Crippen molar-refractivity contribution in [3.63, 3.8) is 0 Å². The van der Waals surface area contributed by atoms with Crippen LogP contribution in [0.2, 0.25) is 0 Å². The van der Waals surface area contributed by atoms with E-state index in [1.165, 1.54) is 18.4 Å². The predicted octanol–water partition coefficient (Wildman–Crippen LogP) is 4.58. The van der Waals surface area contributed by atoms with Crippen molar-refractivity contribution >= 4 is 29.0 Å². The summed E-state index contributed by atoms with van der Waals surface area (Å²) in [5.41, 5.74) is 4.80. The molecule has 0 saturated carbocycles. The molecular weight excluding hydrogens is 326 g/mol. The molecule has 1 heterocycles. The third-order valence-corrected chi connectivity index (χ3v) is 4.64. The van der Waals surface area contributed by atoms with Crippen LogP contribution in [0.15, 0.2) is 42.5 Å². The average Bonchev–Trinajstić information content (AvgIpc) is 3.04. The summed E-state index contributed by atoms with van der Waals surface area (Å²) < 4.78 is 0. The number of nitrogens with zero attached hydrogens (tertiary/aromatic N) is 1. The van der Waals surface area contributed by atoms with Gasteiger partial charge in [-0.3, -0.25) is 4.79 Å². The van der Waals surface area contributed by atoms with E-state index < -0.39 is 0 Å². The van der Waals surface area contributed by atoms with Gasteiger partial charge in [-0.1, -0.05) is 25.5 Å². The van der Waals surface area contributed by atoms with E-state index >= 15 is 0 Å². The van der Waals surface area contributed by atoms with Crippen molar-refractivity contribution in [2.45, 2.75) is 39.5 Å². The van der Waals surface area contributed by atoms with Crippen molar-refractivity contribution in [1.29, 1.82) is 0 Å². The SMILES string of the molecule is CCCCc1ccc(NC(=O)Nc2ccc3c(c2)CCN3C(C)=O)cc1. The van der Waals surface area contributed by atoms with Gasteiger partial charge in [-0.05, 0) is 60.7 Å². The van der Waals surface area contributed by atoms with Crippen LogP contribution in [0.1, 0.15) is 37.8 Å². The molecule has 5 heteroatoms. The number of unbranched alkanes of at least 4 members (excludes halogenated alkanes) is 1. The Kier molecular flexibility index (Phi) is 5.56. The van der Waals surface area contributed by atoms with E-state index in [1.54, 1.807) is 11.8 Å². The highest BCUT2D eigenvalue weighted by Gasteiger charge is 2.22. The lowest BCUT2D eigenvalue weighted by Crippen LogP contribution is -2.25. The molecule has 0 bridgehead atoms. The van der Waals surface area contributed by atoms with Crippen LogP contribution >= 0.6 is 0 Å². The van der Waals surface area contributed by atoms with E-state index in [0.29, 0.717) is 6.54 Å². The lowest BCUT2D eigenvalue weighted by atomic mass is 10.1. The van der Waals surface area contributed by atoms with Gasteiger partial charge in [0.25, 0.3) is 0 Å². The van der Waals surface area contributed by atoms with Crippen LogP contribution in [0.4, 0.5) is 21.9 Å². The molecule has 0 atom stereocenters. The van der Waals surface area contributed by atoms with Crippen molar-refractivity contribution in [2.24, 2.45) is 0 Å². The first-order chi connectivity index (χ1) is 12.6. The Morgan fingerprint density at radius 1 is 1.04 bits per heavy atom. The summed E-state index contributed by atoms with van der Waals surface area (Å²) in [6.45, 7) is 4.45. The fraction of sp³-hybridized carbons (Fsp3) is 0.333. The maximum Gasteiger partial charge on any atom is 0.323 e. The number of aryl methyl sites for hydroxylation is 1. The highest BCUT2D eigenvalue weighted by Crippen LogP contribution is 2.30. The van der Waals surface area contributed by atoms with Crippen LogP contribution in [-0.4, -0.2) is 18.5 Å². The zero-order valence-corrected chi connectivity index (χ0v) is 15.3. The van der Waals surface area contributed by atoms with Crippen LogP contribution in [-0.2, 0) is 17.6 Å². The first-order valence-corrected chi connectivity index (χ1v) is 9.15. The first-order valence-electron chi connectivity index (χ1n) is 9.15. The van der Waals surface area contributed by atoms with Gasteiger partial charge in [0.15, 0.2) is 0 Å². The fourth-order valence-corrected chi connectivity index (χ4v) is 3.24. The molecule has 2 aromatic rings. The van der Waals surface area contributed by atoms with E-state index in [2.05, 4.69) is 29.7 Å². The largest absolute Gasteiger partial charge is 0.323 e. The van der Waals surface area contributed by atoms with Crippen molar-refractivity contribution in [1.82, 2.24) is 0 Å². The number of benzene rings is 2. The average molecular weight is 351 g/mol. The molecule has 3 rings (SSSR count). The molecule has 0 saturated heterocycles. The summed E-state index contributed by atoms with van der Waals surface area (Å²) in [4.78, 5) is 25.6. The molecule has 5 nitrogen and oxygen atoms in total. The molecule has 0 aliphatic carbocycles. The second-order valence-corrected chi connectivity index (χ2v) is 6.64. The van der Waals surface area contributed by atoms with Crippen LogP contribution in [0.3, 0.4) is 0 Å². The van der Waals surface area contributed by atoms with Crippen LogP contribution in [0, 0.1) is 0 Å². The van der Waals surface area contributed by atoms with Crippen LogP contribution < -0.4 is 15.5 Å². The Labute approximate surface area is 154 Å². The van der Waals surface area contributed by atoms with Crippen molar-refractivity contribution < 1.29 is 9.59 Å². The highest BCUT2D eigenvalue weighted by atomic mass is 16.2. The fourth-order valence-electron chi connectivity index (χ4n) is 3.24. The molecule has 26 heavy (non-hydrogen) atoms. The second-order valence-electron chi connectivity index (χ2n) is 6.64. The summed E-state index contributed by atoms with van der Waals surface area (Å²) in [5, 5.41) is 5.71. The number of fused-ring (bicyclic) bond motifs is 1. The highest BCUT2D eigenvalue weighted by molar-refractivity contribution is 6.00. The third-order valence-electron chi connectivity index (χ3n) is 4.64. The Hall–Kier alpha value is -2.82. The summed E-state index contributed by atoms with van der Waals surface area (Å²) in [6.07, 6.45) is 4.22. The Bertz CT molecular complexity index is 799. The van der Waals surface area contributed by atoms with Crippen molar-refractivity contribution in [3.8, 4) is 0 Å². The van der Waals surface area contributed by atoms with Crippen molar-refractivity contribution in [2.75, 3.05) is 22.1 Å². The molecule has 3 amide bonds. The molecular formula is C21H25N3O2. The molecule has 1 aliphatic heterocycles. The Morgan fingerprint density at radius 2 is 1.73 bits per heavy atom. The minimum Gasteiger partial charge on any atom is -0.312 e. The van der Waals surface area contributed by atoms with E-state index in [1.807, 2.05) is 30.3 Å². The maximum absolute atomic E-state index is 12.2. The summed E-state index contributed by atoms with van der Waals surface area (Å²) in [6, 6.07) is 13.3. The van der Waals surface area contributed by atoms with Crippen LogP contribution in [0.5, 0.6) is 0 Å².